The van der Waals surface area contributed by atoms with Crippen molar-refractivity contribution in [2.45, 2.75) is 13.0 Å². The van der Waals surface area contributed by atoms with Crippen molar-refractivity contribution in [3.63, 3.8) is 0 Å². The SMILES string of the molecule is COc1ccccc1CNC(=O)c1cncc(C(=O)N2CCc3ccccc32)c1. The van der Waals surface area contributed by atoms with Crippen LogP contribution < -0.4 is 15.0 Å². The fourth-order valence-electron chi connectivity index (χ4n) is 3.51. The summed E-state index contributed by atoms with van der Waals surface area (Å²) < 4.78 is 5.31. The lowest BCUT2D eigenvalue weighted by atomic mass is 10.1. The van der Waals surface area contributed by atoms with Gasteiger partial charge in [0.05, 0.1) is 18.2 Å². The van der Waals surface area contributed by atoms with Crippen LogP contribution in [0.25, 0.3) is 0 Å². The zero-order valence-corrected chi connectivity index (χ0v) is 16.1. The quantitative estimate of drug-likeness (QED) is 0.730. The summed E-state index contributed by atoms with van der Waals surface area (Å²) in [5, 5.41) is 2.86. The van der Waals surface area contributed by atoms with Crippen molar-refractivity contribution < 1.29 is 14.3 Å². The number of nitrogens with zero attached hydrogens (tertiary/aromatic N) is 2. The lowest BCUT2D eigenvalue weighted by Crippen LogP contribution is -2.29. The molecule has 0 aliphatic carbocycles. The second-order valence-corrected chi connectivity index (χ2v) is 6.79. The minimum atomic E-state index is -0.292. The van der Waals surface area contributed by atoms with Crippen molar-refractivity contribution in [3.05, 3.63) is 89.2 Å². The molecule has 146 valence electrons. The number of amides is 2. The van der Waals surface area contributed by atoms with Gasteiger partial charge in [0.25, 0.3) is 11.8 Å². The number of carbonyl (C=O) groups excluding carboxylic acids is 2. The molecule has 0 radical (unpaired) electrons. The highest BCUT2D eigenvalue weighted by molar-refractivity contribution is 6.08. The van der Waals surface area contributed by atoms with Gasteiger partial charge in [-0.1, -0.05) is 36.4 Å². The number of pyridine rings is 1. The average Bonchev–Trinajstić information content (AvgIpc) is 3.21. The van der Waals surface area contributed by atoms with Crippen LogP contribution in [0.4, 0.5) is 5.69 Å². The molecule has 0 bridgehead atoms. The molecule has 0 fully saturated rings. The van der Waals surface area contributed by atoms with E-state index in [0.717, 1.165) is 23.2 Å². The summed E-state index contributed by atoms with van der Waals surface area (Å²) in [5.74, 6) is 0.268. The largest absolute Gasteiger partial charge is 0.496 e. The summed E-state index contributed by atoms with van der Waals surface area (Å²) in [6.45, 7) is 0.947. The molecule has 0 unspecified atom stereocenters. The highest BCUT2D eigenvalue weighted by Gasteiger charge is 2.25. The van der Waals surface area contributed by atoms with Crippen LogP contribution in [0.1, 0.15) is 31.8 Å². The molecule has 2 amide bonds. The van der Waals surface area contributed by atoms with Crippen LogP contribution in [0, 0.1) is 0 Å². The van der Waals surface area contributed by atoms with Crippen LogP contribution in [0.15, 0.2) is 67.0 Å². The van der Waals surface area contributed by atoms with Gasteiger partial charge >= 0.3 is 0 Å². The van der Waals surface area contributed by atoms with Crippen molar-refractivity contribution >= 4 is 17.5 Å². The third-order valence-corrected chi connectivity index (χ3v) is 5.01. The molecule has 0 saturated carbocycles. The topological polar surface area (TPSA) is 71.5 Å². The van der Waals surface area contributed by atoms with E-state index in [0.29, 0.717) is 30.0 Å². The fraction of sp³-hybridized carbons (Fsp3) is 0.174. The Hall–Kier alpha value is -3.67. The van der Waals surface area contributed by atoms with Gasteiger partial charge in [-0.15, -0.1) is 0 Å². The number of hydrogen-bond donors (Lipinski definition) is 1. The number of benzene rings is 2. The van der Waals surface area contributed by atoms with E-state index in [1.807, 2.05) is 48.5 Å². The smallest absolute Gasteiger partial charge is 0.259 e. The monoisotopic (exact) mass is 387 g/mol. The molecule has 2 aromatic carbocycles. The maximum absolute atomic E-state index is 13.0. The molecular weight excluding hydrogens is 366 g/mol. The highest BCUT2D eigenvalue weighted by atomic mass is 16.5. The van der Waals surface area contributed by atoms with Crippen LogP contribution in [-0.2, 0) is 13.0 Å². The van der Waals surface area contributed by atoms with Crippen molar-refractivity contribution in [3.8, 4) is 5.75 Å². The number of anilines is 1. The van der Waals surface area contributed by atoms with Crippen molar-refractivity contribution in [2.75, 3.05) is 18.6 Å². The number of hydrogen-bond acceptors (Lipinski definition) is 4. The molecule has 2 heterocycles. The number of ether oxygens (including phenoxy) is 1. The lowest BCUT2D eigenvalue weighted by Gasteiger charge is -2.17. The second kappa shape index (κ2) is 8.14. The zero-order chi connectivity index (χ0) is 20.2. The number of para-hydroxylation sites is 2. The average molecular weight is 387 g/mol. The minimum Gasteiger partial charge on any atom is -0.496 e. The van der Waals surface area contributed by atoms with E-state index in [4.69, 9.17) is 4.74 Å². The Balaban J connectivity index is 1.49. The first-order chi connectivity index (χ1) is 14.2. The number of nitrogens with one attached hydrogen (secondary N) is 1. The van der Waals surface area contributed by atoms with Crippen molar-refractivity contribution in [2.24, 2.45) is 0 Å². The Bertz CT molecular complexity index is 1060. The van der Waals surface area contributed by atoms with Crippen LogP contribution in [0.5, 0.6) is 5.75 Å². The molecule has 1 aliphatic heterocycles. The Kier molecular flexibility index (Phi) is 5.24. The summed E-state index contributed by atoms with van der Waals surface area (Å²) in [6.07, 6.45) is 3.79. The first-order valence-electron chi connectivity index (χ1n) is 9.42. The Labute approximate surface area is 169 Å². The molecule has 29 heavy (non-hydrogen) atoms. The summed E-state index contributed by atoms with van der Waals surface area (Å²) in [6, 6.07) is 17.0. The van der Waals surface area contributed by atoms with Crippen molar-refractivity contribution in [1.29, 1.82) is 0 Å². The maximum atomic E-state index is 13.0. The third kappa shape index (κ3) is 3.82. The van der Waals surface area contributed by atoms with Gasteiger partial charge in [-0.3, -0.25) is 14.6 Å². The number of rotatable bonds is 5. The molecular formula is C23H21N3O3. The molecule has 1 aliphatic rings. The lowest BCUT2D eigenvalue weighted by molar-refractivity contribution is 0.0950. The maximum Gasteiger partial charge on any atom is 0.259 e. The fourth-order valence-corrected chi connectivity index (χ4v) is 3.51. The predicted octanol–water partition coefficient (Wildman–Crippen LogP) is 3.22. The first-order valence-corrected chi connectivity index (χ1v) is 9.42. The van der Waals surface area contributed by atoms with E-state index < -0.39 is 0 Å². The summed E-state index contributed by atoms with van der Waals surface area (Å²) in [5.41, 5.74) is 3.69. The Morgan fingerprint density at radius 3 is 2.69 bits per heavy atom. The number of aromatic nitrogens is 1. The van der Waals surface area contributed by atoms with E-state index in [9.17, 15) is 9.59 Å². The minimum absolute atomic E-state index is 0.151. The van der Waals surface area contributed by atoms with Gasteiger partial charge in [0.15, 0.2) is 0 Å². The van der Waals surface area contributed by atoms with Crippen LogP contribution in [0.3, 0.4) is 0 Å². The predicted molar refractivity (Wildman–Crippen MR) is 110 cm³/mol. The molecule has 6 nitrogen and oxygen atoms in total. The Morgan fingerprint density at radius 1 is 1.07 bits per heavy atom. The van der Waals surface area contributed by atoms with Gasteiger partial charge < -0.3 is 15.0 Å². The molecule has 0 saturated heterocycles. The first kappa shape index (κ1) is 18.7. The summed E-state index contributed by atoms with van der Waals surface area (Å²) in [4.78, 5) is 31.4. The van der Waals surface area contributed by atoms with Gasteiger partial charge in [-0.2, -0.15) is 0 Å². The van der Waals surface area contributed by atoms with E-state index in [-0.39, 0.29) is 11.8 Å². The van der Waals surface area contributed by atoms with E-state index in [2.05, 4.69) is 10.3 Å². The van der Waals surface area contributed by atoms with E-state index in [1.54, 1.807) is 18.1 Å². The molecule has 0 atom stereocenters. The number of carbonyl (C=O) groups is 2. The van der Waals surface area contributed by atoms with Gasteiger partial charge in [0, 0.05) is 36.7 Å². The molecule has 1 N–H and O–H groups in total. The van der Waals surface area contributed by atoms with E-state index in [1.165, 1.54) is 12.4 Å². The highest BCUT2D eigenvalue weighted by Crippen LogP contribution is 2.28. The summed E-state index contributed by atoms with van der Waals surface area (Å²) in [7, 11) is 1.59. The van der Waals surface area contributed by atoms with Gasteiger partial charge in [-0.25, -0.2) is 0 Å². The molecule has 3 aromatic rings. The van der Waals surface area contributed by atoms with Gasteiger partial charge in [0.2, 0.25) is 0 Å². The second-order valence-electron chi connectivity index (χ2n) is 6.79. The summed E-state index contributed by atoms with van der Waals surface area (Å²) >= 11 is 0. The molecule has 0 spiro atoms. The normalized spacial score (nSPS) is 12.4. The van der Waals surface area contributed by atoms with Crippen LogP contribution in [0.2, 0.25) is 0 Å². The Morgan fingerprint density at radius 2 is 1.83 bits per heavy atom. The van der Waals surface area contributed by atoms with Gasteiger partial charge in [0.1, 0.15) is 5.75 Å². The van der Waals surface area contributed by atoms with Crippen molar-refractivity contribution in [1.82, 2.24) is 10.3 Å². The molecule has 6 heteroatoms. The van der Waals surface area contributed by atoms with Crippen LogP contribution in [-0.4, -0.2) is 30.5 Å². The zero-order valence-electron chi connectivity index (χ0n) is 16.1. The number of fused-ring (bicyclic) bond motifs is 1. The third-order valence-electron chi connectivity index (χ3n) is 5.01. The van der Waals surface area contributed by atoms with Gasteiger partial charge in [-0.05, 0) is 30.2 Å². The van der Waals surface area contributed by atoms with Crippen LogP contribution >= 0.6 is 0 Å². The number of methoxy groups -OCH3 is 1. The molecule has 4 rings (SSSR count). The van der Waals surface area contributed by atoms with E-state index >= 15 is 0 Å². The standard InChI is InChI=1S/C23H21N3O3/c1-29-21-9-5-3-7-17(21)15-25-22(27)18-12-19(14-24-13-18)23(28)26-11-10-16-6-2-4-8-20(16)26/h2-9,12-14H,10-11,15H2,1H3,(H,25,27). The molecule has 1 aromatic heterocycles.